The predicted octanol–water partition coefficient (Wildman–Crippen LogP) is -3.18. The van der Waals surface area contributed by atoms with Crippen molar-refractivity contribution in [1.29, 1.82) is 0 Å². The number of hydrogen-bond donors (Lipinski definition) is 4. The summed E-state index contributed by atoms with van der Waals surface area (Å²) < 4.78 is 6.05. The zero-order valence-electron chi connectivity index (χ0n) is 9.78. The largest absolute Gasteiger partial charge is 0.394 e. The van der Waals surface area contributed by atoms with E-state index < -0.39 is 41.7 Å². The van der Waals surface area contributed by atoms with Crippen molar-refractivity contribution >= 4 is 5.91 Å². The number of rotatable bonds is 3. The molecule has 0 spiro atoms. The molecule has 9 heteroatoms. The monoisotopic (exact) mass is 271 g/mol. The van der Waals surface area contributed by atoms with Crippen LogP contribution in [0.2, 0.25) is 0 Å². The van der Waals surface area contributed by atoms with Gasteiger partial charge < -0.3 is 20.7 Å². The lowest BCUT2D eigenvalue weighted by molar-refractivity contribution is -0.161. The Kier molecular flexibility index (Phi) is 3.27. The summed E-state index contributed by atoms with van der Waals surface area (Å²) in [6, 6.07) is 1.02. The number of nitrogens with two attached hydrogens (primary N) is 1. The lowest BCUT2D eigenvalue weighted by atomic mass is 10.1. The van der Waals surface area contributed by atoms with Crippen LogP contribution >= 0.6 is 0 Å². The van der Waals surface area contributed by atoms with E-state index in [0.717, 1.165) is 16.8 Å². The average Bonchev–Trinajstić information content (AvgIpc) is 2.67. The summed E-state index contributed by atoms with van der Waals surface area (Å²) >= 11 is 0. The highest BCUT2D eigenvalue weighted by atomic mass is 16.6. The van der Waals surface area contributed by atoms with E-state index in [4.69, 9.17) is 15.6 Å². The molecule has 1 aliphatic heterocycles. The van der Waals surface area contributed by atoms with E-state index in [1.807, 2.05) is 4.98 Å². The molecule has 0 radical (unpaired) electrons. The Hall–Kier alpha value is -1.97. The van der Waals surface area contributed by atoms with Crippen molar-refractivity contribution < 1.29 is 19.7 Å². The SMILES string of the molecule is NC(=O)[C@]1(n2ccc(=O)[nH]c2=O)C[C@H](O)[C@@H](CO)O1. The van der Waals surface area contributed by atoms with Gasteiger partial charge in [-0.1, -0.05) is 0 Å². The first-order valence-electron chi connectivity index (χ1n) is 5.50. The van der Waals surface area contributed by atoms with Gasteiger partial charge in [0.15, 0.2) is 0 Å². The minimum atomic E-state index is -1.92. The number of aromatic nitrogens is 2. The molecule has 2 heterocycles. The Bertz CT molecular complexity index is 608. The fraction of sp³-hybridized carbons (Fsp3) is 0.500. The van der Waals surface area contributed by atoms with E-state index in [9.17, 15) is 19.5 Å². The second-order valence-corrected chi connectivity index (χ2v) is 4.24. The summed E-state index contributed by atoms with van der Waals surface area (Å²) in [7, 11) is 0. The normalized spacial score (nSPS) is 30.4. The highest BCUT2D eigenvalue weighted by Crippen LogP contribution is 2.33. The predicted molar refractivity (Wildman–Crippen MR) is 61.1 cm³/mol. The third-order valence-corrected chi connectivity index (χ3v) is 3.04. The highest BCUT2D eigenvalue weighted by Gasteiger charge is 2.52. The zero-order valence-corrected chi connectivity index (χ0v) is 9.78. The van der Waals surface area contributed by atoms with Gasteiger partial charge in [0.1, 0.15) is 6.10 Å². The number of aromatic amines is 1. The van der Waals surface area contributed by atoms with Crippen molar-refractivity contribution in [2.24, 2.45) is 5.73 Å². The fourth-order valence-electron chi connectivity index (χ4n) is 2.09. The summed E-state index contributed by atoms with van der Waals surface area (Å²) in [5, 5.41) is 18.7. The number of primary amides is 1. The molecule has 1 aliphatic rings. The van der Waals surface area contributed by atoms with Crippen molar-refractivity contribution in [2.45, 2.75) is 24.4 Å². The van der Waals surface area contributed by atoms with Gasteiger partial charge in [-0.25, -0.2) is 4.79 Å². The quantitative estimate of drug-likeness (QED) is 0.455. The van der Waals surface area contributed by atoms with E-state index in [1.165, 1.54) is 0 Å². The molecule has 2 rings (SSSR count). The molecule has 0 aliphatic carbocycles. The van der Waals surface area contributed by atoms with Crippen molar-refractivity contribution in [3.8, 4) is 0 Å². The molecular formula is C10H13N3O6. The number of aliphatic hydroxyl groups excluding tert-OH is 2. The number of ether oxygens (including phenoxy) is 1. The highest BCUT2D eigenvalue weighted by molar-refractivity contribution is 5.81. The Balaban J connectivity index is 2.56. The molecule has 1 aromatic rings. The van der Waals surface area contributed by atoms with Gasteiger partial charge in [-0.15, -0.1) is 0 Å². The Labute approximate surface area is 106 Å². The van der Waals surface area contributed by atoms with E-state index in [-0.39, 0.29) is 6.42 Å². The summed E-state index contributed by atoms with van der Waals surface area (Å²) in [6.45, 7) is -0.533. The summed E-state index contributed by atoms with van der Waals surface area (Å²) in [5.41, 5.74) is 1.79. The van der Waals surface area contributed by atoms with E-state index in [0.29, 0.717) is 0 Å². The molecule has 104 valence electrons. The topological polar surface area (TPSA) is 148 Å². The van der Waals surface area contributed by atoms with Crippen LogP contribution in [0.5, 0.6) is 0 Å². The average molecular weight is 271 g/mol. The van der Waals surface area contributed by atoms with Crippen LogP contribution in [-0.4, -0.2) is 44.5 Å². The minimum absolute atomic E-state index is 0.292. The lowest BCUT2D eigenvalue weighted by Gasteiger charge is -2.27. The number of carbonyl (C=O) groups excluding carboxylic acids is 1. The maximum atomic E-state index is 11.7. The Morgan fingerprint density at radius 3 is 2.79 bits per heavy atom. The molecule has 1 saturated heterocycles. The van der Waals surface area contributed by atoms with E-state index >= 15 is 0 Å². The van der Waals surface area contributed by atoms with Crippen LogP contribution in [0.1, 0.15) is 6.42 Å². The van der Waals surface area contributed by atoms with Gasteiger partial charge in [-0.3, -0.25) is 19.1 Å². The summed E-state index contributed by atoms with van der Waals surface area (Å²) in [5.74, 6) is -1.00. The van der Waals surface area contributed by atoms with Gasteiger partial charge in [-0.05, 0) is 0 Å². The molecule has 0 aromatic carbocycles. The maximum absolute atomic E-state index is 11.7. The number of nitrogens with zero attached hydrogens (tertiary/aromatic N) is 1. The molecular weight excluding hydrogens is 258 g/mol. The lowest BCUT2D eigenvalue weighted by Crippen LogP contribution is -2.52. The zero-order chi connectivity index (χ0) is 14.2. The van der Waals surface area contributed by atoms with E-state index in [1.54, 1.807) is 0 Å². The van der Waals surface area contributed by atoms with Crippen LogP contribution in [0.25, 0.3) is 0 Å². The molecule has 0 saturated carbocycles. The fourth-order valence-corrected chi connectivity index (χ4v) is 2.09. The summed E-state index contributed by atoms with van der Waals surface area (Å²) in [6.07, 6.45) is -1.43. The molecule has 3 atom stereocenters. The number of nitrogens with one attached hydrogen (secondary N) is 1. The van der Waals surface area contributed by atoms with Crippen LogP contribution < -0.4 is 17.0 Å². The molecule has 1 amide bonds. The molecule has 0 bridgehead atoms. The molecule has 19 heavy (non-hydrogen) atoms. The van der Waals surface area contributed by atoms with E-state index in [2.05, 4.69) is 0 Å². The van der Waals surface area contributed by atoms with Crippen molar-refractivity contribution in [3.05, 3.63) is 33.1 Å². The number of hydrogen-bond acceptors (Lipinski definition) is 6. The molecule has 1 fully saturated rings. The first-order valence-corrected chi connectivity index (χ1v) is 5.50. The molecule has 0 unspecified atom stereocenters. The molecule has 9 nitrogen and oxygen atoms in total. The third-order valence-electron chi connectivity index (χ3n) is 3.04. The smallest absolute Gasteiger partial charge is 0.331 e. The van der Waals surface area contributed by atoms with Gasteiger partial charge in [0.05, 0.1) is 12.7 Å². The van der Waals surface area contributed by atoms with Crippen molar-refractivity contribution in [3.63, 3.8) is 0 Å². The van der Waals surface area contributed by atoms with Crippen molar-refractivity contribution in [1.82, 2.24) is 9.55 Å². The van der Waals surface area contributed by atoms with Crippen LogP contribution in [0.3, 0.4) is 0 Å². The maximum Gasteiger partial charge on any atom is 0.331 e. The standard InChI is InChI=1S/C10H13N3O6/c11-8(17)10(3-5(15)6(4-14)19-10)13-2-1-7(16)12-9(13)18/h1-2,5-6,14-15H,3-4H2,(H2,11,17)(H,12,16,18)/t5-,6+,10-/m0/s1. The van der Waals surface area contributed by atoms with Crippen LogP contribution in [0, 0.1) is 0 Å². The van der Waals surface area contributed by atoms with Crippen LogP contribution in [0.4, 0.5) is 0 Å². The number of amides is 1. The Morgan fingerprint density at radius 1 is 1.63 bits per heavy atom. The second kappa shape index (κ2) is 4.61. The van der Waals surface area contributed by atoms with Gasteiger partial charge >= 0.3 is 5.69 Å². The molecule has 1 aromatic heterocycles. The summed E-state index contributed by atoms with van der Waals surface area (Å²) in [4.78, 5) is 36.3. The number of aliphatic hydroxyl groups is 2. The van der Waals surface area contributed by atoms with Crippen molar-refractivity contribution in [2.75, 3.05) is 6.61 Å². The van der Waals surface area contributed by atoms with Crippen LogP contribution in [-0.2, 0) is 15.3 Å². The number of H-pyrrole nitrogens is 1. The first-order chi connectivity index (χ1) is 8.90. The van der Waals surface area contributed by atoms with Gasteiger partial charge in [-0.2, -0.15) is 0 Å². The van der Waals surface area contributed by atoms with Gasteiger partial charge in [0.25, 0.3) is 11.5 Å². The molecule has 5 N–H and O–H groups in total. The van der Waals surface area contributed by atoms with Gasteiger partial charge in [0, 0.05) is 18.7 Å². The second-order valence-electron chi connectivity index (χ2n) is 4.24. The van der Waals surface area contributed by atoms with Gasteiger partial charge in [0.2, 0.25) is 5.72 Å². The minimum Gasteiger partial charge on any atom is -0.394 e. The van der Waals surface area contributed by atoms with Crippen LogP contribution in [0.15, 0.2) is 21.9 Å². The Morgan fingerprint density at radius 2 is 2.32 bits per heavy atom. The number of carbonyl (C=O) groups is 1. The first kappa shape index (κ1) is 13.5. The third kappa shape index (κ3) is 2.07.